The summed E-state index contributed by atoms with van der Waals surface area (Å²) in [5.41, 5.74) is 4.13. The second kappa shape index (κ2) is 9.31. The Morgan fingerprint density at radius 1 is 1.03 bits per heavy atom. The quantitative estimate of drug-likeness (QED) is 0.354. The Balaban J connectivity index is 1.38. The zero-order chi connectivity index (χ0) is 20.1. The molecule has 0 amide bonds. The molecule has 148 valence electrons. The largest absolute Gasteiger partial charge is 0.377 e. The molecule has 0 atom stereocenters. The lowest BCUT2D eigenvalue weighted by molar-refractivity contribution is 0.118. The topological polar surface area (TPSA) is 59.9 Å². The highest BCUT2D eigenvalue weighted by Gasteiger charge is 2.13. The van der Waals surface area contributed by atoms with E-state index in [1.165, 1.54) is 5.56 Å². The maximum Gasteiger partial charge on any atom is 0.189 e. The van der Waals surface area contributed by atoms with Gasteiger partial charge in [0.2, 0.25) is 0 Å². The highest BCUT2D eigenvalue weighted by Crippen LogP contribution is 2.30. The molecule has 0 saturated heterocycles. The van der Waals surface area contributed by atoms with E-state index in [9.17, 15) is 0 Å². The Labute approximate surface area is 178 Å². The van der Waals surface area contributed by atoms with E-state index in [-0.39, 0.29) is 0 Å². The Hall–Kier alpha value is -2.54. The molecule has 2 aromatic carbocycles. The highest BCUT2D eigenvalue weighted by atomic mass is 35.5. The summed E-state index contributed by atoms with van der Waals surface area (Å²) in [5.74, 6) is 0.689. The second-order valence-electron chi connectivity index (χ2n) is 6.70. The molecule has 4 aromatic rings. The molecule has 0 spiro atoms. The van der Waals surface area contributed by atoms with E-state index in [1.807, 2.05) is 43.3 Å². The van der Waals surface area contributed by atoms with Crippen LogP contribution in [0.3, 0.4) is 0 Å². The minimum atomic E-state index is 0.445. The van der Waals surface area contributed by atoms with Gasteiger partial charge in [-0.2, -0.15) is 0 Å². The first-order valence-electron chi connectivity index (χ1n) is 9.46. The molecule has 4 rings (SSSR count). The Morgan fingerprint density at radius 3 is 2.66 bits per heavy atom. The molecule has 0 bridgehead atoms. The molecule has 0 saturated carbocycles. The minimum Gasteiger partial charge on any atom is -0.377 e. The number of hydrogen-bond donors (Lipinski definition) is 1. The predicted molar refractivity (Wildman–Crippen MR) is 119 cm³/mol. The number of hydrogen-bond acceptors (Lipinski definition) is 6. The number of ether oxygens (including phenoxy) is 1. The van der Waals surface area contributed by atoms with Crippen molar-refractivity contribution in [1.82, 2.24) is 15.2 Å². The summed E-state index contributed by atoms with van der Waals surface area (Å²) in [7, 11) is 0. The number of fused-ring (bicyclic) bond motifs is 1. The summed E-state index contributed by atoms with van der Waals surface area (Å²) in [4.78, 5) is 4.60. The third-order valence-electron chi connectivity index (χ3n) is 4.64. The maximum absolute atomic E-state index is 6.32. The van der Waals surface area contributed by atoms with Crippen LogP contribution < -0.4 is 5.32 Å². The number of anilines is 2. The van der Waals surface area contributed by atoms with Gasteiger partial charge in [0.05, 0.1) is 16.8 Å². The lowest BCUT2D eigenvalue weighted by atomic mass is 10.1. The van der Waals surface area contributed by atoms with Crippen molar-refractivity contribution in [1.29, 1.82) is 0 Å². The second-order valence-corrected chi connectivity index (χ2v) is 8.09. The van der Waals surface area contributed by atoms with E-state index in [2.05, 4.69) is 38.7 Å². The molecular formula is C22H21ClN4OS. The summed E-state index contributed by atoms with van der Waals surface area (Å²) < 4.78 is 6.91. The van der Waals surface area contributed by atoms with Gasteiger partial charge in [0.15, 0.2) is 16.1 Å². The van der Waals surface area contributed by atoms with Crippen molar-refractivity contribution in [2.45, 2.75) is 26.4 Å². The number of thiazole rings is 1. The van der Waals surface area contributed by atoms with Crippen LogP contribution in [0, 0.1) is 6.92 Å². The monoisotopic (exact) mass is 424 g/mol. The SMILES string of the molecule is Cc1c(Nc2nc3ccccc3s2)nnc(Cl)c1CCCOCc1ccccc1. The molecule has 2 aromatic heterocycles. The summed E-state index contributed by atoms with van der Waals surface area (Å²) in [6, 6.07) is 18.2. The standard InChI is InChI=1S/C22H21ClN4OS/c1-15-17(10-7-13-28-14-16-8-3-2-4-9-16)20(23)26-27-21(15)25-22-24-18-11-5-6-12-19(18)29-22/h2-6,8-9,11-12H,7,10,13-14H2,1H3,(H,24,25,27). The molecule has 0 fully saturated rings. The third kappa shape index (κ3) is 4.90. The van der Waals surface area contributed by atoms with Gasteiger partial charge in [0.1, 0.15) is 0 Å². The van der Waals surface area contributed by atoms with Crippen molar-refractivity contribution in [2.75, 3.05) is 11.9 Å². The lowest BCUT2D eigenvalue weighted by Crippen LogP contribution is -2.05. The first-order valence-corrected chi connectivity index (χ1v) is 10.7. The van der Waals surface area contributed by atoms with E-state index in [1.54, 1.807) is 11.3 Å². The Bertz CT molecular complexity index is 1070. The van der Waals surface area contributed by atoms with Gasteiger partial charge in [-0.25, -0.2) is 4.98 Å². The van der Waals surface area contributed by atoms with Gasteiger partial charge >= 0.3 is 0 Å². The zero-order valence-corrected chi connectivity index (χ0v) is 17.6. The molecule has 5 nitrogen and oxygen atoms in total. The first-order chi connectivity index (χ1) is 14.2. The molecule has 29 heavy (non-hydrogen) atoms. The van der Waals surface area contributed by atoms with Crippen LogP contribution in [0.15, 0.2) is 54.6 Å². The summed E-state index contributed by atoms with van der Waals surface area (Å²) in [6.45, 7) is 3.29. The first kappa shape index (κ1) is 19.8. The molecule has 0 radical (unpaired) electrons. The lowest BCUT2D eigenvalue weighted by Gasteiger charge is -2.12. The molecule has 7 heteroatoms. The van der Waals surface area contributed by atoms with E-state index < -0.39 is 0 Å². The van der Waals surface area contributed by atoms with E-state index in [0.717, 1.165) is 39.3 Å². The van der Waals surface area contributed by atoms with Crippen LogP contribution in [-0.2, 0) is 17.8 Å². The molecular weight excluding hydrogens is 404 g/mol. The van der Waals surface area contributed by atoms with Crippen molar-refractivity contribution in [3.8, 4) is 0 Å². The van der Waals surface area contributed by atoms with Crippen LogP contribution in [0.4, 0.5) is 10.9 Å². The van der Waals surface area contributed by atoms with Crippen LogP contribution >= 0.6 is 22.9 Å². The van der Waals surface area contributed by atoms with Crippen molar-refractivity contribution >= 4 is 44.1 Å². The Kier molecular flexibility index (Phi) is 6.34. The number of aromatic nitrogens is 3. The number of halogens is 1. The van der Waals surface area contributed by atoms with Crippen LogP contribution in [-0.4, -0.2) is 21.8 Å². The predicted octanol–water partition coefficient (Wildman–Crippen LogP) is 5.94. The summed E-state index contributed by atoms with van der Waals surface area (Å²) in [5, 5.41) is 12.9. The molecule has 0 aliphatic rings. The fraction of sp³-hybridized carbons (Fsp3) is 0.227. The minimum absolute atomic E-state index is 0.445. The van der Waals surface area contributed by atoms with Crippen molar-refractivity contribution in [3.05, 3.63) is 76.4 Å². The van der Waals surface area contributed by atoms with Crippen LogP contribution in [0.1, 0.15) is 23.1 Å². The normalized spacial score (nSPS) is 11.1. The fourth-order valence-corrected chi connectivity index (χ4v) is 4.22. The van der Waals surface area contributed by atoms with Gasteiger partial charge < -0.3 is 10.1 Å². The summed E-state index contributed by atoms with van der Waals surface area (Å²) in [6.07, 6.45) is 1.64. The van der Waals surface area contributed by atoms with Crippen molar-refractivity contribution in [2.24, 2.45) is 0 Å². The number of nitrogens with one attached hydrogen (secondary N) is 1. The number of rotatable bonds is 8. The van der Waals surface area contributed by atoms with E-state index >= 15 is 0 Å². The van der Waals surface area contributed by atoms with Gasteiger partial charge in [0.25, 0.3) is 0 Å². The van der Waals surface area contributed by atoms with E-state index in [0.29, 0.717) is 24.2 Å². The van der Waals surface area contributed by atoms with Gasteiger partial charge in [-0.3, -0.25) is 0 Å². The smallest absolute Gasteiger partial charge is 0.189 e. The van der Waals surface area contributed by atoms with Crippen molar-refractivity contribution < 1.29 is 4.74 Å². The fourth-order valence-electron chi connectivity index (χ4n) is 3.08. The van der Waals surface area contributed by atoms with Gasteiger partial charge in [-0.15, -0.1) is 10.2 Å². The van der Waals surface area contributed by atoms with Gasteiger partial charge in [-0.1, -0.05) is 65.4 Å². The molecule has 0 aliphatic heterocycles. The zero-order valence-electron chi connectivity index (χ0n) is 16.1. The van der Waals surface area contributed by atoms with Crippen LogP contribution in [0.25, 0.3) is 10.2 Å². The average Bonchev–Trinajstić information content (AvgIpc) is 3.15. The van der Waals surface area contributed by atoms with Crippen LogP contribution in [0.2, 0.25) is 5.15 Å². The number of benzene rings is 2. The highest BCUT2D eigenvalue weighted by molar-refractivity contribution is 7.22. The average molecular weight is 425 g/mol. The van der Waals surface area contributed by atoms with Crippen molar-refractivity contribution in [3.63, 3.8) is 0 Å². The molecule has 0 aliphatic carbocycles. The number of para-hydroxylation sites is 1. The number of nitrogens with zero attached hydrogens (tertiary/aromatic N) is 3. The van der Waals surface area contributed by atoms with Crippen LogP contribution in [0.5, 0.6) is 0 Å². The van der Waals surface area contributed by atoms with E-state index in [4.69, 9.17) is 16.3 Å². The van der Waals surface area contributed by atoms with Gasteiger partial charge in [-0.05, 0) is 48.6 Å². The Morgan fingerprint density at radius 2 is 1.83 bits per heavy atom. The molecule has 2 heterocycles. The van der Waals surface area contributed by atoms with Gasteiger partial charge in [0, 0.05) is 6.61 Å². The summed E-state index contributed by atoms with van der Waals surface area (Å²) >= 11 is 7.91. The molecule has 1 N–H and O–H groups in total. The molecule has 0 unspecified atom stereocenters. The third-order valence-corrected chi connectivity index (χ3v) is 5.90. The maximum atomic E-state index is 6.32.